The minimum absolute atomic E-state index is 0.00572. The van der Waals surface area contributed by atoms with Gasteiger partial charge in [0.05, 0.1) is 23.7 Å². The number of benzene rings is 1. The van der Waals surface area contributed by atoms with Gasteiger partial charge >= 0.3 is 0 Å². The van der Waals surface area contributed by atoms with Gasteiger partial charge in [-0.05, 0) is 49.1 Å². The van der Waals surface area contributed by atoms with Crippen molar-refractivity contribution in [1.29, 1.82) is 0 Å². The summed E-state index contributed by atoms with van der Waals surface area (Å²) < 4.78 is 1.95. The van der Waals surface area contributed by atoms with Crippen LogP contribution in [0.2, 0.25) is 0 Å². The fourth-order valence-corrected chi connectivity index (χ4v) is 3.09. The van der Waals surface area contributed by atoms with Crippen molar-refractivity contribution >= 4 is 11.3 Å². The normalized spacial score (nSPS) is 11.1. The maximum atomic E-state index is 9.53. The SMILES string of the molecule is CCc1cccc(C)c1CNc1cccn2c(CO)c(C)nc12. The molecule has 2 N–H and O–H groups in total. The maximum Gasteiger partial charge on any atom is 0.160 e. The Bertz CT molecular complexity index is 836. The molecule has 0 unspecified atom stereocenters. The highest BCUT2D eigenvalue weighted by Gasteiger charge is 2.11. The minimum atomic E-state index is -0.00572. The molecule has 120 valence electrons. The van der Waals surface area contributed by atoms with Crippen LogP contribution in [0.3, 0.4) is 0 Å². The van der Waals surface area contributed by atoms with Crippen LogP contribution >= 0.6 is 0 Å². The summed E-state index contributed by atoms with van der Waals surface area (Å²) in [7, 11) is 0. The first-order valence-corrected chi connectivity index (χ1v) is 8.04. The van der Waals surface area contributed by atoms with Crippen molar-refractivity contribution in [1.82, 2.24) is 9.38 Å². The quantitative estimate of drug-likeness (QED) is 0.757. The highest BCUT2D eigenvalue weighted by molar-refractivity contribution is 5.68. The standard InChI is InChI=1S/C19H23N3O/c1-4-15-8-5-7-13(2)16(15)11-20-17-9-6-10-22-18(12-23)14(3)21-19(17)22/h5-10,20,23H,4,11-12H2,1-3H3. The number of fused-ring (bicyclic) bond motifs is 1. The summed E-state index contributed by atoms with van der Waals surface area (Å²) in [6, 6.07) is 10.5. The van der Waals surface area contributed by atoms with Gasteiger partial charge in [0.2, 0.25) is 0 Å². The first-order chi connectivity index (χ1) is 11.2. The van der Waals surface area contributed by atoms with Gasteiger partial charge in [-0.1, -0.05) is 25.1 Å². The molecule has 1 aromatic carbocycles. The van der Waals surface area contributed by atoms with Crippen molar-refractivity contribution in [3.8, 4) is 0 Å². The summed E-state index contributed by atoms with van der Waals surface area (Å²) in [5.41, 5.74) is 7.59. The van der Waals surface area contributed by atoms with Crippen molar-refractivity contribution in [3.63, 3.8) is 0 Å². The monoisotopic (exact) mass is 309 g/mol. The molecule has 0 spiro atoms. The molecule has 0 aliphatic carbocycles. The molecule has 0 amide bonds. The lowest BCUT2D eigenvalue weighted by Crippen LogP contribution is -2.06. The highest BCUT2D eigenvalue weighted by Crippen LogP contribution is 2.22. The molecule has 0 aliphatic rings. The van der Waals surface area contributed by atoms with E-state index in [-0.39, 0.29) is 6.61 Å². The van der Waals surface area contributed by atoms with Gasteiger partial charge in [-0.2, -0.15) is 0 Å². The van der Waals surface area contributed by atoms with Gasteiger partial charge in [0.1, 0.15) is 0 Å². The number of aliphatic hydroxyl groups excluding tert-OH is 1. The molecule has 0 aliphatic heterocycles. The Balaban J connectivity index is 1.94. The summed E-state index contributed by atoms with van der Waals surface area (Å²) >= 11 is 0. The second-order valence-electron chi connectivity index (χ2n) is 5.84. The van der Waals surface area contributed by atoms with Gasteiger partial charge in [-0.3, -0.25) is 4.40 Å². The molecule has 0 atom stereocenters. The summed E-state index contributed by atoms with van der Waals surface area (Å²) in [4.78, 5) is 4.60. The number of nitrogens with zero attached hydrogens (tertiary/aromatic N) is 2. The van der Waals surface area contributed by atoms with E-state index in [0.29, 0.717) is 0 Å². The minimum Gasteiger partial charge on any atom is -0.390 e. The van der Waals surface area contributed by atoms with Crippen molar-refractivity contribution in [2.75, 3.05) is 5.32 Å². The Kier molecular flexibility index (Phi) is 4.35. The number of nitrogens with one attached hydrogen (secondary N) is 1. The molecular formula is C19H23N3O. The zero-order valence-corrected chi connectivity index (χ0v) is 13.9. The van der Waals surface area contributed by atoms with Gasteiger partial charge in [0.25, 0.3) is 0 Å². The van der Waals surface area contributed by atoms with E-state index in [4.69, 9.17) is 0 Å². The maximum absolute atomic E-state index is 9.53. The lowest BCUT2D eigenvalue weighted by Gasteiger charge is -2.14. The van der Waals surface area contributed by atoms with Crippen LogP contribution in [0.1, 0.15) is 35.0 Å². The van der Waals surface area contributed by atoms with Crippen molar-refractivity contribution < 1.29 is 5.11 Å². The molecule has 0 saturated carbocycles. The molecule has 0 radical (unpaired) electrons. The fraction of sp³-hybridized carbons (Fsp3) is 0.316. The molecule has 4 heteroatoms. The van der Waals surface area contributed by atoms with E-state index in [1.54, 1.807) is 0 Å². The Morgan fingerprint density at radius 1 is 1.17 bits per heavy atom. The number of rotatable bonds is 5. The first kappa shape index (κ1) is 15.6. The zero-order chi connectivity index (χ0) is 16.4. The first-order valence-electron chi connectivity index (χ1n) is 8.04. The predicted molar refractivity (Wildman–Crippen MR) is 93.7 cm³/mol. The average Bonchev–Trinajstić information content (AvgIpc) is 2.89. The van der Waals surface area contributed by atoms with Crippen molar-refractivity contribution in [2.45, 2.75) is 40.3 Å². The lowest BCUT2D eigenvalue weighted by molar-refractivity contribution is 0.275. The summed E-state index contributed by atoms with van der Waals surface area (Å²) in [5, 5.41) is 13.0. The van der Waals surface area contributed by atoms with Crippen molar-refractivity contribution in [3.05, 3.63) is 64.6 Å². The number of hydrogen-bond acceptors (Lipinski definition) is 3. The van der Waals surface area contributed by atoms with Gasteiger partial charge in [-0.15, -0.1) is 0 Å². The molecular weight excluding hydrogens is 286 g/mol. The molecule has 23 heavy (non-hydrogen) atoms. The summed E-state index contributed by atoms with van der Waals surface area (Å²) in [5.74, 6) is 0. The number of aliphatic hydroxyl groups is 1. The van der Waals surface area contributed by atoms with Gasteiger partial charge in [-0.25, -0.2) is 4.98 Å². The average molecular weight is 309 g/mol. The van der Waals surface area contributed by atoms with E-state index in [1.165, 1.54) is 16.7 Å². The second kappa shape index (κ2) is 6.42. The van der Waals surface area contributed by atoms with E-state index in [2.05, 4.69) is 42.3 Å². The number of imidazole rings is 1. The third-order valence-electron chi connectivity index (χ3n) is 4.44. The Morgan fingerprint density at radius 2 is 2.00 bits per heavy atom. The molecule has 3 rings (SSSR count). The molecule has 0 saturated heterocycles. The van der Waals surface area contributed by atoms with E-state index >= 15 is 0 Å². The largest absolute Gasteiger partial charge is 0.390 e. The third kappa shape index (κ3) is 2.82. The Labute approximate surface area is 136 Å². The van der Waals surface area contributed by atoms with Crippen LogP contribution in [0.5, 0.6) is 0 Å². The van der Waals surface area contributed by atoms with Crippen LogP contribution in [0.4, 0.5) is 5.69 Å². The van der Waals surface area contributed by atoms with E-state index in [0.717, 1.165) is 35.7 Å². The molecule has 0 bridgehead atoms. The summed E-state index contributed by atoms with van der Waals surface area (Å²) in [6.45, 7) is 7.04. The van der Waals surface area contributed by atoms with Crippen LogP contribution in [0.25, 0.3) is 5.65 Å². The van der Waals surface area contributed by atoms with E-state index in [9.17, 15) is 5.11 Å². The summed E-state index contributed by atoms with van der Waals surface area (Å²) in [6.07, 6.45) is 2.97. The number of aryl methyl sites for hydroxylation is 3. The number of aromatic nitrogens is 2. The van der Waals surface area contributed by atoms with Crippen LogP contribution < -0.4 is 5.32 Å². The lowest BCUT2D eigenvalue weighted by atomic mass is 10.00. The topological polar surface area (TPSA) is 49.6 Å². The predicted octanol–water partition coefficient (Wildman–Crippen LogP) is 3.62. The van der Waals surface area contributed by atoms with Crippen LogP contribution in [-0.4, -0.2) is 14.5 Å². The van der Waals surface area contributed by atoms with E-state index in [1.807, 2.05) is 29.7 Å². The van der Waals surface area contributed by atoms with E-state index < -0.39 is 0 Å². The molecule has 0 fully saturated rings. The number of hydrogen-bond donors (Lipinski definition) is 2. The van der Waals surface area contributed by atoms with Gasteiger partial charge in [0, 0.05) is 12.7 Å². The molecule has 4 nitrogen and oxygen atoms in total. The highest BCUT2D eigenvalue weighted by atomic mass is 16.3. The van der Waals surface area contributed by atoms with Crippen LogP contribution in [0, 0.1) is 13.8 Å². The smallest absolute Gasteiger partial charge is 0.160 e. The van der Waals surface area contributed by atoms with Gasteiger partial charge in [0.15, 0.2) is 5.65 Å². The third-order valence-corrected chi connectivity index (χ3v) is 4.44. The number of anilines is 1. The zero-order valence-electron chi connectivity index (χ0n) is 13.9. The fourth-order valence-electron chi connectivity index (χ4n) is 3.09. The van der Waals surface area contributed by atoms with Gasteiger partial charge < -0.3 is 10.4 Å². The Hall–Kier alpha value is -2.33. The van der Waals surface area contributed by atoms with Crippen molar-refractivity contribution in [2.24, 2.45) is 0 Å². The Morgan fingerprint density at radius 3 is 2.74 bits per heavy atom. The molecule has 2 heterocycles. The second-order valence-corrected chi connectivity index (χ2v) is 5.84. The molecule has 3 aromatic rings. The van der Waals surface area contributed by atoms with Crippen LogP contribution in [-0.2, 0) is 19.6 Å². The van der Waals surface area contributed by atoms with Crippen LogP contribution in [0.15, 0.2) is 36.5 Å². The molecule has 2 aromatic heterocycles. The number of pyridine rings is 1.